The van der Waals surface area contributed by atoms with Crippen LogP contribution >= 0.6 is 0 Å². The van der Waals surface area contributed by atoms with Gasteiger partial charge in [0.25, 0.3) is 0 Å². The van der Waals surface area contributed by atoms with Gasteiger partial charge in [-0.1, -0.05) is 6.07 Å². The first kappa shape index (κ1) is 14.0. The minimum atomic E-state index is -0.449. The molecule has 0 spiro atoms. The van der Waals surface area contributed by atoms with Gasteiger partial charge in [0, 0.05) is 18.8 Å². The lowest BCUT2D eigenvalue weighted by Gasteiger charge is -2.10. The molecule has 0 aliphatic carbocycles. The van der Waals surface area contributed by atoms with Gasteiger partial charge in [-0.25, -0.2) is 0 Å². The van der Waals surface area contributed by atoms with E-state index in [2.05, 4.69) is 4.98 Å². The molecule has 2 aromatic rings. The fraction of sp³-hybridized carbons (Fsp3) is 0.214. The Kier molecular flexibility index (Phi) is 3.95. The minimum Gasteiger partial charge on any atom is -0.448 e. The van der Waals surface area contributed by atoms with Crippen molar-refractivity contribution in [1.82, 2.24) is 4.98 Å². The maximum atomic E-state index is 11.1. The summed E-state index contributed by atoms with van der Waals surface area (Å²) in [4.78, 5) is 14.7. The van der Waals surface area contributed by atoms with E-state index in [0.717, 1.165) is 11.1 Å². The number of rotatable bonds is 4. The standard InChI is InChI=1S/C14H15N3O3/c1-9-3-10(2)14(13(4-9)17(18)19)20-12-5-11(6-15)7-16-8-12/h3-5,7-8H,6,15H2,1-2H3. The first-order chi connectivity index (χ1) is 9.51. The Labute approximate surface area is 116 Å². The van der Waals surface area contributed by atoms with E-state index in [1.807, 2.05) is 6.07 Å². The Hall–Kier alpha value is -2.47. The van der Waals surface area contributed by atoms with E-state index in [0.29, 0.717) is 17.9 Å². The molecule has 2 rings (SSSR count). The molecule has 1 aromatic heterocycles. The summed E-state index contributed by atoms with van der Waals surface area (Å²) in [5.74, 6) is 0.666. The number of nitrogens with two attached hydrogens (primary N) is 1. The first-order valence-corrected chi connectivity index (χ1v) is 6.08. The van der Waals surface area contributed by atoms with Gasteiger partial charge in [0.2, 0.25) is 5.75 Å². The Morgan fingerprint density at radius 3 is 2.70 bits per heavy atom. The number of aryl methyl sites for hydroxylation is 2. The van der Waals surface area contributed by atoms with Crippen LogP contribution in [0.1, 0.15) is 16.7 Å². The van der Waals surface area contributed by atoms with Gasteiger partial charge in [0.05, 0.1) is 11.1 Å². The van der Waals surface area contributed by atoms with Crippen LogP contribution in [0, 0.1) is 24.0 Å². The van der Waals surface area contributed by atoms with E-state index in [1.54, 1.807) is 26.1 Å². The summed E-state index contributed by atoms with van der Waals surface area (Å²) in [5.41, 5.74) is 7.80. The predicted molar refractivity (Wildman–Crippen MR) is 74.8 cm³/mol. The smallest absolute Gasteiger partial charge is 0.312 e. The largest absolute Gasteiger partial charge is 0.448 e. The van der Waals surface area contributed by atoms with Gasteiger partial charge in [-0.2, -0.15) is 0 Å². The van der Waals surface area contributed by atoms with Gasteiger partial charge < -0.3 is 10.5 Å². The molecule has 0 bridgehead atoms. The Bertz CT molecular complexity index is 656. The summed E-state index contributed by atoms with van der Waals surface area (Å²) in [6.07, 6.45) is 3.13. The minimum absolute atomic E-state index is 0.0550. The number of nitro benzene ring substituents is 1. The molecule has 0 amide bonds. The van der Waals surface area contributed by atoms with Gasteiger partial charge in [0.15, 0.2) is 0 Å². The van der Waals surface area contributed by atoms with Gasteiger partial charge in [-0.15, -0.1) is 0 Å². The molecule has 0 radical (unpaired) electrons. The number of aromatic nitrogens is 1. The molecular formula is C14H15N3O3. The van der Waals surface area contributed by atoms with E-state index in [9.17, 15) is 10.1 Å². The average molecular weight is 273 g/mol. The Balaban J connectivity index is 2.44. The molecule has 104 valence electrons. The maximum Gasteiger partial charge on any atom is 0.312 e. The summed E-state index contributed by atoms with van der Waals surface area (Å²) in [6.45, 7) is 3.91. The van der Waals surface area contributed by atoms with Gasteiger partial charge in [-0.05, 0) is 36.6 Å². The van der Waals surface area contributed by atoms with Gasteiger partial charge in [-0.3, -0.25) is 15.1 Å². The van der Waals surface area contributed by atoms with Crippen LogP contribution in [0.3, 0.4) is 0 Å². The number of hydrogen-bond acceptors (Lipinski definition) is 5. The van der Waals surface area contributed by atoms with Crippen molar-refractivity contribution < 1.29 is 9.66 Å². The molecule has 20 heavy (non-hydrogen) atoms. The normalized spacial score (nSPS) is 10.3. The predicted octanol–water partition coefficient (Wildman–Crippen LogP) is 2.86. The Morgan fingerprint density at radius 2 is 2.05 bits per heavy atom. The van der Waals surface area contributed by atoms with Crippen molar-refractivity contribution in [2.45, 2.75) is 20.4 Å². The molecule has 0 aliphatic heterocycles. The third-order valence-corrected chi connectivity index (χ3v) is 2.82. The van der Waals surface area contributed by atoms with Crippen LogP contribution in [0.15, 0.2) is 30.6 Å². The van der Waals surface area contributed by atoms with Crippen molar-refractivity contribution >= 4 is 5.69 Å². The van der Waals surface area contributed by atoms with E-state index >= 15 is 0 Å². The van der Waals surface area contributed by atoms with Crippen molar-refractivity contribution in [3.63, 3.8) is 0 Å². The second-order valence-corrected chi connectivity index (χ2v) is 4.52. The number of hydrogen-bond donors (Lipinski definition) is 1. The van der Waals surface area contributed by atoms with Crippen molar-refractivity contribution in [1.29, 1.82) is 0 Å². The van der Waals surface area contributed by atoms with Crippen molar-refractivity contribution in [2.75, 3.05) is 0 Å². The van der Waals surface area contributed by atoms with Crippen LogP contribution in [0.5, 0.6) is 11.5 Å². The third-order valence-electron chi connectivity index (χ3n) is 2.82. The van der Waals surface area contributed by atoms with Crippen molar-refractivity contribution in [3.8, 4) is 11.5 Å². The van der Waals surface area contributed by atoms with Gasteiger partial charge >= 0.3 is 5.69 Å². The van der Waals surface area contributed by atoms with Crippen molar-refractivity contribution in [2.24, 2.45) is 5.73 Å². The fourth-order valence-corrected chi connectivity index (χ4v) is 1.95. The summed E-state index contributed by atoms with van der Waals surface area (Å²) in [7, 11) is 0. The average Bonchev–Trinajstić information content (AvgIpc) is 2.41. The first-order valence-electron chi connectivity index (χ1n) is 6.08. The molecule has 0 saturated heterocycles. The molecule has 6 heteroatoms. The molecule has 0 fully saturated rings. The second kappa shape index (κ2) is 5.66. The van der Waals surface area contributed by atoms with Crippen LogP contribution in [0.25, 0.3) is 0 Å². The van der Waals surface area contributed by atoms with E-state index in [1.165, 1.54) is 12.3 Å². The zero-order valence-corrected chi connectivity index (χ0v) is 11.3. The van der Waals surface area contributed by atoms with E-state index in [-0.39, 0.29) is 11.4 Å². The number of pyridine rings is 1. The molecule has 2 N–H and O–H groups in total. The van der Waals surface area contributed by atoms with Crippen LogP contribution in [0.2, 0.25) is 0 Å². The maximum absolute atomic E-state index is 11.1. The monoisotopic (exact) mass is 273 g/mol. The number of nitrogens with zero attached hydrogens (tertiary/aromatic N) is 2. The molecule has 0 atom stereocenters. The lowest BCUT2D eigenvalue weighted by molar-refractivity contribution is -0.385. The zero-order chi connectivity index (χ0) is 14.7. The SMILES string of the molecule is Cc1cc(C)c(Oc2cncc(CN)c2)c([N+](=O)[O-])c1. The zero-order valence-electron chi connectivity index (χ0n) is 11.3. The van der Waals surface area contributed by atoms with Crippen LogP contribution in [-0.2, 0) is 6.54 Å². The molecule has 0 aliphatic rings. The molecule has 1 heterocycles. The second-order valence-electron chi connectivity index (χ2n) is 4.52. The summed E-state index contributed by atoms with van der Waals surface area (Å²) in [5, 5.41) is 11.1. The van der Waals surface area contributed by atoms with E-state index < -0.39 is 4.92 Å². The summed E-state index contributed by atoms with van der Waals surface area (Å²) in [6, 6.07) is 5.04. The molecular weight excluding hydrogens is 258 g/mol. The molecule has 6 nitrogen and oxygen atoms in total. The van der Waals surface area contributed by atoms with Crippen molar-refractivity contribution in [3.05, 3.63) is 57.4 Å². The topological polar surface area (TPSA) is 91.3 Å². The highest BCUT2D eigenvalue weighted by Crippen LogP contribution is 2.35. The highest BCUT2D eigenvalue weighted by atomic mass is 16.6. The van der Waals surface area contributed by atoms with Gasteiger partial charge in [0.1, 0.15) is 5.75 Å². The summed E-state index contributed by atoms with van der Waals surface area (Å²) < 4.78 is 5.64. The quantitative estimate of drug-likeness (QED) is 0.683. The number of benzene rings is 1. The molecule has 0 saturated carbocycles. The molecule has 0 unspecified atom stereocenters. The number of ether oxygens (including phenoxy) is 1. The lowest BCUT2D eigenvalue weighted by Crippen LogP contribution is -1.99. The Morgan fingerprint density at radius 1 is 1.30 bits per heavy atom. The lowest BCUT2D eigenvalue weighted by atomic mass is 10.1. The van der Waals surface area contributed by atoms with Crippen LogP contribution in [0.4, 0.5) is 5.69 Å². The summed E-state index contributed by atoms with van der Waals surface area (Å²) >= 11 is 0. The van der Waals surface area contributed by atoms with Crippen LogP contribution in [-0.4, -0.2) is 9.91 Å². The molecule has 1 aromatic carbocycles. The highest BCUT2D eigenvalue weighted by molar-refractivity contribution is 5.55. The number of nitro groups is 1. The fourth-order valence-electron chi connectivity index (χ4n) is 1.95. The highest BCUT2D eigenvalue weighted by Gasteiger charge is 2.19. The van der Waals surface area contributed by atoms with E-state index in [4.69, 9.17) is 10.5 Å². The third kappa shape index (κ3) is 2.92. The van der Waals surface area contributed by atoms with Crippen LogP contribution < -0.4 is 10.5 Å².